The van der Waals surface area contributed by atoms with E-state index < -0.39 is 82.0 Å². The zero-order valence-electron chi connectivity index (χ0n) is 32.5. The van der Waals surface area contributed by atoms with E-state index >= 15 is 0 Å². The predicted molar refractivity (Wildman–Crippen MR) is 209 cm³/mol. The molecule has 61 heavy (non-hydrogen) atoms. The number of benzene rings is 1. The van der Waals surface area contributed by atoms with Gasteiger partial charge < -0.3 is 38.9 Å². The first-order chi connectivity index (χ1) is 28.4. The molecule has 1 saturated heterocycles. The van der Waals surface area contributed by atoms with Crippen molar-refractivity contribution in [3.63, 3.8) is 0 Å². The number of carbonyl (C=O) groups excluding carboxylic acids is 3. The number of allylic oxidation sites excluding steroid dienone is 1. The number of cyclic esters (lactones) is 1. The number of carboxylic acid groups (broad SMARTS) is 2. The van der Waals surface area contributed by atoms with Crippen molar-refractivity contribution in [2.45, 2.75) is 50.7 Å². The second-order valence-corrected chi connectivity index (χ2v) is 16.5. The summed E-state index contributed by atoms with van der Waals surface area (Å²) < 4.78 is 72.0. The van der Waals surface area contributed by atoms with E-state index in [0.29, 0.717) is 15.2 Å². The fourth-order valence-electron chi connectivity index (χ4n) is 5.09. The summed E-state index contributed by atoms with van der Waals surface area (Å²) in [4.78, 5) is 82.0. The number of halogens is 3. The molecule has 2 aliphatic rings. The van der Waals surface area contributed by atoms with E-state index in [2.05, 4.69) is 25.7 Å². The number of carboxylic acids is 2. The number of anilines is 2. The minimum absolute atomic E-state index is 0.00962. The van der Waals surface area contributed by atoms with Crippen LogP contribution < -0.4 is 34.5 Å². The fraction of sp³-hybridized carbons (Fsp3) is 0.375. The molecule has 334 valence electrons. The van der Waals surface area contributed by atoms with Crippen LogP contribution in [0.25, 0.3) is 0 Å². The van der Waals surface area contributed by atoms with Crippen LogP contribution >= 0.6 is 30.8 Å². The van der Waals surface area contributed by atoms with E-state index in [0.717, 1.165) is 38.8 Å². The summed E-state index contributed by atoms with van der Waals surface area (Å²) in [7, 11) is -4.95. The molecule has 0 spiro atoms. The Morgan fingerprint density at radius 3 is 2.11 bits per heavy atom. The lowest BCUT2D eigenvalue weighted by molar-refractivity contribution is -0.135. The van der Waals surface area contributed by atoms with E-state index in [1.165, 1.54) is 26.4 Å². The van der Waals surface area contributed by atoms with Gasteiger partial charge in [-0.1, -0.05) is 23.2 Å². The summed E-state index contributed by atoms with van der Waals surface area (Å²) in [6, 6.07) is 2.39. The highest BCUT2D eigenvalue weighted by Gasteiger charge is 2.40. The van der Waals surface area contributed by atoms with Gasteiger partial charge in [0.25, 0.3) is 10.0 Å². The Labute approximate surface area is 355 Å². The molecule has 2 aromatic heterocycles. The molecule has 7 N–H and O–H groups in total. The second-order valence-electron chi connectivity index (χ2n) is 12.5. The Morgan fingerprint density at radius 2 is 1.62 bits per heavy atom. The number of ether oxygens (including phenoxy) is 4. The minimum atomic E-state index is -4.64. The number of imide groups is 1. The lowest BCUT2D eigenvalue weighted by Crippen LogP contribution is -2.36. The lowest BCUT2D eigenvalue weighted by atomic mass is 10.2. The maximum atomic E-state index is 14.3. The molecule has 3 aromatic rings. The molecule has 1 aliphatic carbocycles. The van der Waals surface area contributed by atoms with Gasteiger partial charge in [0.2, 0.25) is 17.7 Å². The van der Waals surface area contributed by atoms with Crippen LogP contribution in [0.4, 0.5) is 25.6 Å². The Hall–Kier alpha value is -5.63. The molecule has 1 aliphatic heterocycles. The van der Waals surface area contributed by atoms with E-state index in [9.17, 15) is 41.3 Å². The minimum Gasteiger partial charge on any atom is -0.489 e. The number of aromatic carboxylic acids is 1. The summed E-state index contributed by atoms with van der Waals surface area (Å²) >= 11 is 11.7. The standard InChI is InChI=1S/C17H17ClFNO4.C12H13ClN6O7S.C3H8NO5P/c1-9(2)15-16(21)20(17(22)24-15)13-8-14(11(18)7-12(13)19)23-10-5-3-4-6-10;1-19-9(7(10(20)21)8(13)17-19)27(23,24)18-12(22)16-11-14-5(25-2)4-6(15-11)26-3;5-3(6)1-4-2-10(7,8)9/h7-8,10H,3-6H2,1-2H3;4H,1-3H3,(H,20,21)(H2,14,15,16,18,22);4H,1-2H2,(H,5,6)(H2,7,8,9). The molecule has 29 heteroatoms. The van der Waals surface area contributed by atoms with Gasteiger partial charge in [-0.25, -0.2) is 28.4 Å². The number of hydrogen-bond donors (Lipinski definition) is 7. The van der Waals surface area contributed by atoms with Crippen molar-refractivity contribution in [3.8, 4) is 17.5 Å². The van der Waals surface area contributed by atoms with Crippen LogP contribution in [0.15, 0.2) is 34.6 Å². The van der Waals surface area contributed by atoms with Crippen molar-refractivity contribution in [1.29, 1.82) is 0 Å². The van der Waals surface area contributed by atoms with Gasteiger partial charge in [-0.15, -0.1) is 0 Å². The van der Waals surface area contributed by atoms with Gasteiger partial charge in [0.15, 0.2) is 15.9 Å². The van der Waals surface area contributed by atoms with Crippen LogP contribution in [0.3, 0.4) is 0 Å². The number of amides is 4. The third-order valence-corrected chi connectivity index (χ3v) is 10.3. The summed E-state index contributed by atoms with van der Waals surface area (Å²) in [6.45, 7) is 2.83. The fourth-order valence-corrected chi connectivity index (χ4v) is 7.26. The summed E-state index contributed by atoms with van der Waals surface area (Å²) in [5, 5.41) is 23.5. The molecule has 24 nitrogen and oxygen atoms in total. The van der Waals surface area contributed by atoms with Crippen molar-refractivity contribution in [3.05, 3.63) is 51.1 Å². The smallest absolute Gasteiger partial charge is 0.427 e. The third-order valence-electron chi connectivity index (χ3n) is 7.63. The van der Waals surface area contributed by atoms with Crippen molar-refractivity contribution in [2.24, 2.45) is 7.05 Å². The largest absolute Gasteiger partial charge is 0.489 e. The molecule has 0 atom stereocenters. The molecule has 0 bridgehead atoms. The monoisotopic (exact) mass is 942 g/mol. The molecular formula is C32H38Cl2FN8O16PS. The van der Waals surface area contributed by atoms with Gasteiger partial charge in [-0.3, -0.25) is 29.5 Å². The molecule has 0 unspecified atom stereocenters. The third kappa shape index (κ3) is 14.0. The highest BCUT2D eigenvalue weighted by molar-refractivity contribution is 7.90. The zero-order chi connectivity index (χ0) is 46.0. The SMILES string of the molecule is CC(C)=C1OC(=O)N(c2cc(OC3CCCC3)c(Cl)cc2F)C1=O.COc1cc(OC)nc(NC(=O)NS(=O)(=O)c2c(C(=O)O)c(Cl)nn2C)n1.O=C(O)CNCP(=O)(O)O. The molecule has 3 heterocycles. The Morgan fingerprint density at radius 1 is 1.03 bits per heavy atom. The molecule has 4 amide bonds. The van der Waals surface area contributed by atoms with E-state index in [1.54, 1.807) is 18.6 Å². The Balaban J connectivity index is 0.000000268. The number of nitrogens with one attached hydrogen (secondary N) is 3. The van der Waals surface area contributed by atoms with Crippen molar-refractivity contribution in [2.75, 3.05) is 37.3 Å². The Kier molecular flexibility index (Phi) is 17.3. The molecular weight excluding hydrogens is 905 g/mol. The number of sulfonamides is 1. The van der Waals surface area contributed by atoms with Gasteiger partial charge in [0, 0.05) is 13.1 Å². The predicted octanol–water partition coefficient (Wildman–Crippen LogP) is 3.46. The summed E-state index contributed by atoms with van der Waals surface area (Å²) in [6.07, 6.45) is 2.40. The number of rotatable bonds is 13. The molecule has 1 saturated carbocycles. The summed E-state index contributed by atoms with van der Waals surface area (Å²) in [5.41, 5.74) is -0.468. The van der Waals surface area contributed by atoms with E-state index in [4.69, 9.17) is 62.1 Å². The number of aliphatic carboxylic acids is 1. The average molecular weight is 944 g/mol. The molecule has 5 rings (SSSR count). The normalized spacial score (nSPS) is 13.9. The van der Waals surface area contributed by atoms with Crippen LogP contribution in [0.2, 0.25) is 10.2 Å². The molecule has 2 fully saturated rings. The van der Waals surface area contributed by atoms with E-state index in [1.807, 2.05) is 0 Å². The van der Waals surface area contributed by atoms with Gasteiger partial charge in [0.1, 0.15) is 17.1 Å². The van der Waals surface area contributed by atoms with Gasteiger partial charge in [0.05, 0.1) is 49.9 Å². The number of aromatic nitrogens is 4. The number of hydrogen-bond acceptors (Lipinski definition) is 16. The van der Waals surface area contributed by atoms with Gasteiger partial charge in [-0.2, -0.15) is 23.5 Å². The molecule has 0 radical (unpaired) electrons. The van der Waals surface area contributed by atoms with Crippen LogP contribution in [-0.2, 0) is 36.0 Å². The maximum Gasteiger partial charge on any atom is 0.427 e. The number of urea groups is 1. The first kappa shape index (κ1) is 49.7. The first-order valence-electron chi connectivity index (χ1n) is 17.0. The van der Waals surface area contributed by atoms with Gasteiger partial charge >= 0.3 is 37.6 Å². The summed E-state index contributed by atoms with van der Waals surface area (Å²) in [5.74, 6) is -4.33. The van der Waals surface area contributed by atoms with Crippen molar-refractivity contribution < 1.29 is 80.3 Å². The highest BCUT2D eigenvalue weighted by atomic mass is 35.5. The maximum absolute atomic E-state index is 14.3. The number of nitrogens with zero attached hydrogens (tertiary/aromatic N) is 5. The topological polar surface area (TPSA) is 337 Å². The van der Waals surface area contributed by atoms with Crippen LogP contribution in [0.1, 0.15) is 49.9 Å². The molecule has 1 aromatic carbocycles. The first-order valence-corrected chi connectivity index (χ1v) is 21.1. The Bertz CT molecular complexity index is 2350. The van der Waals surface area contributed by atoms with Crippen LogP contribution in [-0.4, -0.2) is 111 Å². The van der Waals surface area contributed by atoms with E-state index in [-0.39, 0.29) is 46.0 Å². The number of aryl methyl sites for hydroxylation is 1. The van der Waals surface area contributed by atoms with Crippen molar-refractivity contribution in [1.82, 2.24) is 29.8 Å². The van der Waals surface area contributed by atoms with Crippen LogP contribution in [0, 0.1) is 5.82 Å². The average Bonchev–Trinajstić information content (AvgIpc) is 3.85. The number of carbonyl (C=O) groups is 5. The zero-order valence-corrected chi connectivity index (χ0v) is 35.7. The van der Waals surface area contributed by atoms with Crippen LogP contribution in [0.5, 0.6) is 17.5 Å². The lowest BCUT2D eigenvalue weighted by Gasteiger charge is -2.18. The highest BCUT2D eigenvalue weighted by Crippen LogP contribution is 2.38. The van der Waals surface area contributed by atoms with Crippen molar-refractivity contribution >= 4 is 82.4 Å². The quantitative estimate of drug-likeness (QED) is 0.0953. The van der Waals surface area contributed by atoms with Gasteiger partial charge in [-0.05, 0) is 51.2 Å². The second kappa shape index (κ2) is 21.2. The number of methoxy groups -OCH3 is 2.